The Hall–Kier alpha value is -0.970. The molecule has 20 heavy (non-hydrogen) atoms. The Labute approximate surface area is 122 Å². The van der Waals surface area contributed by atoms with Gasteiger partial charge in [0.2, 0.25) is 0 Å². The molecule has 5 heteroatoms. The molecule has 2 atom stereocenters. The van der Waals surface area contributed by atoms with E-state index in [2.05, 4.69) is 0 Å². The average Bonchev–Trinajstić information content (AvgIpc) is 2.89. The zero-order valence-electron chi connectivity index (χ0n) is 11.0. The van der Waals surface area contributed by atoms with Crippen LogP contribution in [-0.2, 0) is 9.47 Å². The fraction of sp³-hybridized carbons (Fsp3) is 0.533. The summed E-state index contributed by atoms with van der Waals surface area (Å²) in [5, 5.41) is -0.0122. The number of hydrogen-bond acceptors (Lipinski definition) is 3. The van der Waals surface area contributed by atoms with Gasteiger partial charge in [-0.2, -0.15) is 0 Å². The van der Waals surface area contributed by atoms with E-state index in [9.17, 15) is 9.18 Å². The fourth-order valence-electron chi connectivity index (χ4n) is 3.00. The highest BCUT2D eigenvalue weighted by Gasteiger charge is 2.43. The molecular weight excluding hydrogens is 283 g/mol. The summed E-state index contributed by atoms with van der Waals surface area (Å²) < 4.78 is 24.4. The Balaban J connectivity index is 1.77. The van der Waals surface area contributed by atoms with Gasteiger partial charge in [0.05, 0.1) is 17.2 Å². The van der Waals surface area contributed by atoms with Crippen LogP contribution >= 0.6 is 11.6 Å². The molecule has 2 unspecified atom stereocenters. The first-order chi connectivity index (χ1) is 9.60. The van der Waals surface area contributed by atoms with Gasteiger partial charge in [-0.15, -0.1) is 0 Å². The van der Waals surface area contributed by atoms with Crippen molar-refractivity contribution in [1.29, 1.82) is 0 Å². The van der Waals surface area contributed by atoms with Crippen LogP contribution in [0.15, 0.2) is 18.2 Å². The standard InChI is InChI=1S/C15H16ClFO3/c16-12-7-10(1-2-13(12)17)14(18)11-3-5-20-15(8-11)4-6-19-9-15/h1-2,7,11H,3-6,8-9H2. The van der Waals surface area contributed by atoms with Crippen molar-refractivity contribution >= 4 is 17.4 Å². The van der Waals surface area contributed by atoms with E-state index in [1.165, 1.54) is 18.2 Å². The molecule has 0 radical (unpaired) electrons. The number of Topliss-reactive ketones (excluding diaryl/α,β-unsaturated/α-hetero) is 1. The summed E-state index contributed by atoms with van der Waals surface area (Å²) in [5.74, 6) is -0.593. The summed E-state index contributed by atoms with van der Waals surface area (Å²) >= 11 is 5.75. The van der Waals surface area contributed by atoms with Crippen molar-refractivity contribution < 1.29 is 18.7 Å². The van der Waals surface area contributed by atoms with Crippen molar-refractivity contribution in [3.05, 3.63) is 34.6 Å². The fourth-order valence-corrected chi connectivity index (χ4v) is 3.18. The molecule has 0 aromatic heterocycles. The van der Waals surface area contributed by atoms with E-state index in [4.69, 9.17) is 21.1 Å². The van der Waals surface area contributed by atoms with Crippen molar-refractivity contribution in [1.82, 2.24) is 0 Å². The number of halogens is 2. The molecule has 2 aliphatic heterocycles. The minimum absolute atomic E-state index is 0.0122. The summed E-state index contributed by atoms with van der Waals surface area (Å²) in [7, 11) is 0. The van der Waals surface area contributed by atoms with Gasteiger partial charge in [0.15, 0.2) is 5.78 Å². The second-order valence-electron chi connectivity index (χ2n) is 5.52. The van der Waals surface area contributed by atoms with Crippen LogP contribution in [0, 0.1) is 11.7 Å². The molecular formula is C15H16ClFO3. The Kier molecular flexibility index (Phi) is 3.80. The molecule has 108 valence electrons. The molecule has 1 aromatic carbocycles. The highest BCUT2D eigenvalue weighted by atomic mass is 35.5. The van der Waals surface area contributed by atoms with Gasteiger partial charge in [-0.3, -0.25) is 4.79 Å². The third-order valence-corrected chi connectivity index (χ3v) is 4.42. The topological polar surface area (TPSA) is 35.5 Å². The number of carbonyl (C=O) groups excluding carboxylic acids is 1. The van der Waals surface area contributed by atoms with Crippen molar-refractivity contribution in [3.63, 3.8) is 0 Å². The molecule has 2 heterocycles. The van der Waals surface area contributed by atoms with Crippen LogP contribution in [-0.4, -0.2) is 31.2 Å². The second-order valence-corrected chi connectivity index (χ2v) is 5.92. The summed E-state index contributed by atoms with van der Waals surface area (Å²) in [6, 6.07) is 4.15. The number of benzene rings is 1. The van der Waals surface area contributed by atoms with E-state index in [0.717, 1.165) is 6.42 Å². The van der Waals surface area contributed by atoms with Crippen molar-refractivity contribution in [3.8, 4) is 0 Å². The minimum Gasteiger partial charge on any atom is -0.378 e. The van der Waals surface area contributed by atoms with Gasteiger partial charge in [-0.1, -0.05) is 11.6 Å². The summed E-state index contributed by atoms with van der Waals surface area (Å²) in [5.41, 5.74) is 0.167. The van der Waals surface area contributed by atoms with Crippen LogP contribution < -0.4 is 0 Å². The van der Waals surface area contributed by atoms with Crippen LogP contribution in [0.5, 0.6) is 0 Å². The Morgan fingerprint density at radius 3 is 2.95 bits per heavy atom. The van der Waals surface area contributed by atoms with Crippen LogP contribution in [0.25, 0.3) is 0 Å². The number of carbonyl (C=O) groups is 1. The average molecular weight is 299 g/mol. The maximum absolute atomic E-state index is 13.2. The van der Waals surface area contributed by atoms with Gasteiger partial charge in [-0.05, 0) is 31.0 Å². The summed E-state index contributed by atoms with van der Waals surface area (Å²) in [6.45, 7) is 1.80. The molecule has 0 amide bonds. The second kappa shape index (κ2) is 5.43. The van der Waals surface area contributed by atoms with Gasteiger partial charge in [-0.25, -0.2) is 4.39 Å². The van der Waals surface area contributed by atoms with E-state index < -0.39 is 5.82 Å². The van der Waals surface area contributed by atoms with E-state index in [0.29, 0.717) is 38.2 Å². The van der Waals surface area contributed by atoms with Crippen LogP contribution in [0.3, 0.4) is 0 Å². The highest BCUT2D eigenvalue weighted by Crippen LogP contribution is 2.37. The van der Waals surface area contributed by atoms with E-state index >= 15 is 0 Å². The van der Waals surface area contributed by atoms with Crippen molar-refractivity contribution in [2.75, 3.05) is 19.8 Å². The van der Waals surface area contributed by atoms with Gasteiger partial charge in [0.25, 0.3) is 0 Å². The number of rotatable bonds is 2. The normalized spacial score (nSPS) is 29.8. The SMILES string of the molecule is O=C(c1ccc(F)c(Cl)c1)C1CCOC2(CCOC2)C1. The Bertz CT molecular complexity index is 526. The van der Waals surface area contributed by atoms with Gasteiger partial charge < -0.3 is 9.47 Å². The lowest BCUT2D eigenvalue weighted by Gasteiger charge is -2.36. The van der Waals surface area contributed by atoms with E-state index in [-0.39, 0.29) is 22.3 Å². The van der Waals surface area contributed by atoms with Gasteiger partial charge >= 0.3 is 0 Å². The first kappa shape index (κ1) is 14.0. The summed E-state index contributed by atoms with van der Waals surface area (Å²) in [6.07, 6.45) is 2.19. The molecule has 0 saturated carbocycles. The third kappa shape index (κ3) is 2.60. The first-order valence-electron chi connectivity index (χ1n) is 6.81. The zero-order valence-corrected chi connectivity index (χ0v) is 11.8. The smallest absolute Gasteiger partial charge is 0.166 e. The molecule has 2 fully saturated rings. The van der Waals surface area contributed by atoms with Gasteiger partial charge in [0.1, 0.15) is 5.82 Å². The van der Waals surface area contributed by atoms with E-state index in [1.807, 2.05) is 0 Å². The molecule has 2 saturated heterocycles. The monoisotopic (exact) mass is 298 g/mol. The van der Waals surface area contributed by atoms with Crippen molar-refractivity contribution in [2.45, 2.75) is 24.9 Å². The van der Waals surface area contributed by atoms with Crippen LogP contribution in [0.4, 0.5) is 4.39 Å². The third-order valence-electron chi connectivity index (χ3n) is 4.14. The minimum atomic E-state index is -0.504. The van der Waals surface area contributed by atoms with Crippen LogP contribution in [0.1, 0.15) is 29.6 Å². The largest absolute Gasteiger partial charge is 0.378 e. The molecule has 1 spiro atoms. The summed E-state index contributed by atoms with van der Waals surface area (Å²) in [4.78, 5) is 12.5. The predicted molar refractivity (Wildman–Crippen MR) is 72.6 cm³/mol. The van der Waals surface area contributed by atoms with Crippen LogP contribution in [0.2, 0.25) is 5.02 Å². The predicted octanol–water partition coefficient (Wildman–Crippen LogP) is 3.25. The lowest BCUT2D eigenvalue weighted by molar-refractivity contribution is -0.0920. The number of ether oxygens (including phenoxy) is 2. The molecule has 1 aromatic rings. The lowest BCUT2D eigenvalue weighted by Crippen LogP contribution is -2.42. The van der Waals surface area contributed by atoms with E-state index in [1.54, 1.807) is 0 Å². The number of ketones is 1. The molecule has 3 rings (SSSR count). The quantitative estimate of drug-likeness (QED) is 0.786. The first-order valence-corrected chi connectivity index (χ1v) is 7.18. The molecule has 2 aliphatic rings. The maximum Gasteiger partial charge on any atom is 0.166 e. The molecule has 3 nitrogen and oxygen atoms in total. The number of hydrogen-bond donors (Lipinski definition) is 0. The highest BCUT2D eigenvalue weighted by molar-refractivity contribution is 6.31. The molecule has 0 bridgehead atoms. The van der Waals surface area contributed by atoms with Crippen molar-refractivity contribution in [2.24, 2.45) is 5.92 Å². The molecule has 0 aliphatic carbocycles. The zero-order chi connectivity index (χ0) is 14.2. The lowest BCUT2D eigenvalue weighted by atomic mass is 9.81. The molecule has 0 N–H and O–H groups in total. The van der Waals surface area contributed by atoms with Gasteiger partial charge in [0, 0.05) is 31.1 Å². The Morgan fingerprint density at radius 2 is 2.25 bits per heavy atom. The Morgan fingerprint density at radius 1 is 1.40 bits per heavy atom. The maximum atomic E-state index is 13.2.